The summed E-state index contributed by atoms with van der Waals surface area (Å²) in [6.45, 7) is 2.60. The molecule has 1 aliphatic rings. The predicted octanol–water partition coefficient (Wildman–Crippen LogP) is 2.16. The van der Waals surface area contributed by atoms with Crippen LogP contribution in [0.3, 0.4) is 0 Å². The molecule has 0 atom stereocenters. The first-order chi connectivity index (χ1) is 9.49. The number of benzene rings is 1. The first-order valence-electron chi connectivity index (χ1n) is 6.65. The van der Waals surface area contributed by atoms with Crippen molar-refractivity contribution in [2.45, 2.75) is 6.42 Å². The molecule has 0 aliphatic carbocycles. The van der Waals surface area contributed by atoms with E-state index in [0.717, 1.165) is 19.0 Å². The molecule has 0 aromatic heterocycles. The maximum Gasteiger partial charge on any atom is 0.319 e. The highest BCUT2D eigenvalue weighted by Crippen LogP contribution is 2.19. The number of carbonyl (C=O) groups excluding carboxylic acids is 1. The molecule has 4 nitrogen and oxygen atoms in total. The summed E-state index contributed by atoms with van der Waals surface area (Å²) in [5.74, 6) is -1.68. The highest BCUT2D eigenvalue weighted by molar-refractivity contribution is 5.74. The van der Waals surface area contributed by atoms with Crippen LogP contribution in [0, 0.1) is 11.6 Å². The fourth-order valence-electron chi connectivity index (χ4n) is 2.33. The summed E-state index contributed by atoms with van der Waals surface area (Å²) in [7, 11) is 3.45. The van der Waals surface area contributed by atoms with E-state index in [1.54, 1.807) is 30.0 Å². The van der Waals surface area contributed by atoms with E-state index in [0.29, 0.717) is 25.3 Å². The van der Waals surface area contributed by atoms with Crippen molar-refractivity contribution in [3.63, 3.8) is 0 Å². The lowest BCUT2D eigenvalue weighted by atomic mass is 10.2. The van der Waals surface area contributed by atoms with Gasteiger partial charge in [0.1, 0.15) is 0 Å². The van der Waals surface area contributed by atoms with Crippen molar-refractivity contribution in [2.75, 3.05) is 45.2 Å². The van der Waals surface area contributed by atoms with Crippen LogP contribution in [0.4, 0.5) is 19.3 Å². The van der Waals surface area contributed by atoms with Crippen molar-refractivity contribution in [1.82, 2.24) is 9.80 Å². The van der Waals surface area contributed by atoms with Gasteiger partial charge in [-0.05, 0) is 18.6 Å². The molecular weight excluding hydrogens is 264 g/mol. The molecule has 1 aliphatic heterocycles. The number of amides is 2. The topological polar surface area (TPSA) is 26.8 Å². The van der Waals surface area contributed by atoms with Gasteiger partial charge in [-0.1, -0.05) is 0 Å². The highest BCUT2D eigenvalue weighted by Gasteiger charge is 2.20. The van der Waals surface area contributed by atoms with Crippen LogP contribution in [-0.2, 0) is 0 Å². The van der Waals surface area contributed by atoms with Gasteiger partial charge in [-0.2, -0.15) is 0 Å². The predicted molar refractivity (Wildman–Crippen MR) is 73.8 cm³/mol. The van der Waals surface area contributed by atoms with Crippen LogP contribution in [0.1, 0.15) is 6.42 Å². The van der Waals surface area contributed by atoms with Crippen LogP contribution < -0.4 is 4.90 Å². The summed E-state index contributed by atoms with van der Waals surface area (Å²) >= 11 is 0. The molecule has 0 N–H and O–H groups in total. The Morgan fingerprint density at radius 1 is 1.10 bits per heavy atom. The molecule has 0 radical (unpaired) electrons. The zero-order valence-corrected chi connectivity index (χ0v) is 11.8. The standard InChI is InChI=1S/C14H19F2N3O/c1-17(2)14(20)19-7-3-6-18(8-9-19)11-4-5-12(15)13(16)10-11/h4-5,10H,3,6-9H2,1-2H3. The number of rotatable bonds is 1. The van der Waals surface area contributed by atoms with E-state index >= 15 is 0 Å². The molecule has 1 heterocycles. The van der Waals surface area contributed by atoms with Gasteiger partial charge in [0.2, 0.25) is 0 Å². The Balaban J connectivity index is 2.05. The first-order valence-corrected chi connectivity index (χ1v) is 6.65. The van der Waals surface area contributed by atoms with Crippen LogP contribution in [-0.4, -0.2) is 56.1 Å². The monoisotopic (exact) mass is 283 g/mol. The minimum atomic E-state index is -0.840. The van der Waals surface area contributed by atoms with Crippen molar-refractivity contribution in [3.05, 3.63) is 29.8 Å². The molecule has 0 bridgehead atoms. The van der Waals surface area contributed by atoms with Gasteiger partial charge >= 0.3 is 6.03 Å². The molecule has 1 saturated heterocycles. The maximum atomic E-state index is 13.3. The lowest BCUT2D eigenvalue weighted by Gasteiger charge is -2.25. The lowest BCUT2D eigenvalue weighted by molar-refractivity contribution is 0.174. The van der Waals surface area contributed by atoms with Crippen LogP contribution in [0.25, 0.3) is 0 Å². The summed E-state index contributed by atoms with van der Waals surface area (Å²) in [6.07, 6.45) is 0.804. The Kier molecular flexibility index (Phi) is 4.42. The van der Waals surface area contributed by atoms with Gasteiger partial charge in [-0.25, -0.2) is 13.6 Å². The molecular formula is C14H19F2N3O. The molecule has 0 spiro atoms. The summed E-state index contributed by atoms with van der Waals surface area (Å²) in [4.78, 5) is 17.2. The fourth-order valence-corrected chi connectivity index (χ4v) is 2.33. The van der Waals surface area contributed by atoms with Gasteiger partial charge in [0.05, 0.1) is 0 Å². The van der Waals surface area contributed by atoms with Gasteiger partial charge in [0.15, 0.2) is 11.6 Å². The first kappa shape index (κ1) is 14.6. The van der Waals surface area contributed by atoms with Crippen LogP contribution >= 0.6 is 0 Å². The second-order valence-corrected chi connectivity index (χ2v) is 5.10. The lowest BCUT2D eigenvalue weighted by Crippen LogP contribution is -2.41. The van der Waals surface area contributed by atoms with Gasteiger partial charge in [0, 0.05) is 52.0 Å². The zero-order chi connectivity index (χ0) is 14.7. The summed E-state index contributed by atoms with van der Waals surface area (Å²) in [6, 6.07) is 3.90. The van der Waals surface area contributed by atoms with Gasteiger partial charge in [-0.3, -0.25) is 0 Å². The second kappa shape index (κ2) is 6.07. The Morgan fingerprint density at radius 3 is 2.50 bits per heavy atom. The Bertz CT molecular complexity index is 493. The van der Waals surface area contributed by atoms with E-state index in [4.69, 9.17) is 0 Å². The van der Waals surface area contributed by atoms with Gasteiger partial charge in [0.25, 0.3) is 0 Å². The Labute approximate surface area is 117 Å². The summed E-state index contributed by atoms with van der Waals surface area (Å²) < 4.78 is 26.2. The van der Waals surface area contributed by atoms with E-state index in [2.05, 4.69) is 0 Å². The smallest absolute Gasteiger partial charge is 0.319 e. The van der Waals surface area contributed by atoms with E-state index < -0.39 is 11.6 Å². The molecule has 2 amide bonds. The van der Waals surface area contributed by atoms with Crippen molar-refractivity contribution in [3.8, 4) is 0 Å². The number of hydrogen-bond donors (Lipinski definition) is 0. The quantitative estimate of drug-likeness (QED) is 0.789. The van der Waals surface area contributed by atoms with Crippen molar-refractivity contribution in [1.29, 1.82) is 0 Å². The largest absolute Gasteiger partial charge is 0.370 e. The van der Waals surface area contributed by atoms with Crippen molar-refractivity contribution in [2.24, 2.45) is 0 Å². The Morgan fingerprint density at radius 2 is 1.85 bits per heavy atom. The molecule has 6 heteroatoms. The minimum absolute atomic E-state index is 0.0165. The summed E-state index contributed by atoms with van der Waals surface area (Å²) in [5.41, 5.74) is 0.656. The van der Waals surface area contributed by atoms with Crippen LogP contribution in [0.5, 0.6) is 0 Å². The molecule has 2 rings (SSSR count). The number of halogens is 2. The maximum absolute atomic E-state index is 13.3. The third-order valence-electron chi connectivity index (χ3n) is 3.42. The fraction of sp³-hybridized carbons (Fsp3) is 0.500. The van der Waals surface area contributed by atoms with Gasteiger partial charge < -0.3 is 14.7 Å². The van der Waals surface area contributed by atoms with Gasteiger partial charge in [-0.15, -0.1) is 0 Å². The van der Waals surface area contributed by atoms with Crippen LogP contribution in [0.15, 0.2) is 18.2 Å². The zero-order valence-electron chi connectivity index (χ0n) is 11.8. The van der Waals surface area contributed by atoms with Crippen molar-refractivity contribution >= 4 is 11.7 Å². The molecule has 1 fully saturated rings. The SMILES string of the molecule is CN(C)C(=O)N1CCCN(c2ccc(F)c(F)c2)CC1. The third-order valence-corrected chi connectivity index (χ3v) is 3.42. The van der Waals surface area contributed by atoms with E-state index in [1.807, 2.05) is 4.90 Å². The summed E-state index contributed by atoms with van der Waals surface area (Å²) in [5, 5.41) is 0. The average Bonchev–Trinajstić information content (AvgIpc) is 2.66. The van der Waals surface area contributed by atoms with Crippen molar-refractivity contribution < 1.29 is 13.6 Å². The number of nitrogens with zero attached hydrogens (tertiary/aromatic N) is 3. The second-order valence-electron chi connectivity index (χ2n) is 5.10. The molecule has 0 saturated carbocycles. The molecule has 0 unspecified atom stereocenters. The normalized spacial score (nSPS) is 16.0. The molecule has 20 heavy (non-hydrogen) atoms. The molecule has 1 aromatic carbocycles. The molecule has 1 aromatic rings. The minimum Gasteiger partial charge on any atom is -0.370 e. The number of hydrogen-bond acceptors (Lipinski definition) is 2. The van der Waals surface area contributed by atoms with E-state index in [1.165, 1.54) is 6.07 Å². The molecule has 110 valence electrons. The number of urea groups is 1. The van der Waals surface area contributed by atoms with Crippen LogP contribution in [0.2, 0.25) is 0 Å². The Hall–Kier alpha value is -1.85. The number of anilines is 1. The highest BCUT2D eigenvalue weighted by atomic mass is 19.2. The van der Waals surface area contributed by atoms with E-state index in [9.17, 15) is 13.6 Å². The third kappa shape index (κ3) is 3.18. The average molecular weight is 283 g/mol. The number of carbonyl (C=O) groups is 1. The van der Waals surface area contributed by atoms with E-state index in [-0.39, 0.29) is 6.03 Å².